The SMILES string of the molecule is Cc1cc(C)c(CN2CCC(C)(N)CC2)c(C)c1. The van der Waals surface area contributed by atoms with Gasteiger partial charge in [0.25, 0.3) is 0 Å². The van der Waals surface area contributed by atoms with E-state index in [1.165, 1.54) is 22.3 Å². The molecule has 1 heterocycles. The Balaban J connectivity index is 2.07. The van der Waals surface area contributed by atoms with Crippen LogP contribution in [0.4, 0.5) is 0 Å². The van der Waals surface area contributed by atoms with Gasteiger partial charge in [0.1, 0.15) is 0 Å². The largest absolute Gasteiger partial charge is 0.325 e. The Morgan fingerprint density at radius 1 is 1.11 bits per heavy atom. The normalized spacial score (nSPS) is 20.1. The zero-order valence-electron chi connectivity index (χ0n) is 12.2. The molecule has 1 aliphatic rings. The van der Waals surface area contributed by atoms with E-state index in [1.54, 1.807) is 0 Å². The van der Waals surface area contributed by atoms with Crippen LogP contribution in [-0.2, 0) is 6.54 Å². The van der Waals surface area contributed by atoms with E-state index >= 15 is 0 Å². The first-order chi connectivity index (χ1) is 8.37. The molecule has 0 saturated carbocycles. The van der Waals surface area contributed by atoms with Crippen molar-refractivity contribution in [1.82, 2.24) is 4.90 Å². The number of piperidine rings is 1. The van der Waals surface area contributed by atoms with Crippen LogP contribution in [0.2, 0.25) is 0 Å². The lowest BCUT2D eigenvalue weighted by molar-refractivity contribution is 0.165. The molecule has 1 aliphatic heterocycles. The van der Waals surface area contributed by atoms with E-state index in [4.69, 9.17) is 5.73 Å². The fourth-order valence-electron chi connectivity index (χ4n) is 2.90. The van der Waals surface area contributed by atoms with Gasteiger partial charge in [0, 0.05) is 25.2 Å². The zero-order chi connectivity index (χ0) is 13.3. The van der Waals surface area contributed by atoms with Crippen molar-refractivity contribution in [2.45, 2.75) is 52.6 Å². The molecule has 0 amide bonds. The van der Waals surface area contributed by atoms with Crippen LogP contribution < -0.4 is 5.73 Å². The number of hydrogen-bond donors (Lipinski definition) is 1. The quantitative estimate of drug-likeness (QED) is 0.869. The average Bonchev–Trinajstić information content (AvgIpc) is 2.25. The summed E-state index contributed by atoms with van der Waals surface area (Å²) in [4.78, 5) is 2.54. The second-order valence-electron chi connectivity index (χ2n) is 6.31. The minimum absolute atomic E-state index is 0.0495. The Morgan fingerprint density at radius 3 is 2.11 bits per heavy atom. The first-order valence-electron chi connectivity index (χ1n) is 6.95. The Labute approximate surface area is 111 Å². The van der Waals surface area contributed by atoms with Gasteiger partial charge in [-0.3, -0.25) is 4.90 Å². The molecule has 0 aromatic heterocycles. The van der Waals surface area contributed by atoms with Crippen molar-refractivity contribution >= 4 is 0 Å². The topological polar surface area (TPSA) is 29.3 Å². The van der Waals surface area contributed by atoms with E-state index in [9.17, 15) is 0 Å². The molecule has 2 rings (SSSR count). The van der Waals surface area contributed by atoms with Crippen molar-refractivity contribution in [3.05, 3.63) is 34.4 Å². The molecule has 0 radical (unpaired) electrons. The predicted molar refractivity (Wildman–Crippen MR) is 77.8 cm³/mol. The van der Waals surface area contributed by atoms with Crippen LogP contribution in [0.3, 0.4) is 0 Å². The number of hydrogen-bond acceptors (Lipinski definition) is 2. The predicted octanol–water partition coefficient (Wildman–Crippen LogP) is 2.93. The highest BCUT2D eigenvalue weighted by Gasteiger charge is 2.26. The average molecular weight is 246 g/mol. The maximum Gasteiger partial charge on any atom is 0.0239 e. The van der Waals surface area contributed by atoms with Crippen LogP contribution in [0.5, 0.6) is 0 Å². The number of aryl methyl sites for hydroxylation is 3. The van der Waals surface area contributed by atoms with Crippen LogP contribution in [0, 0.1) is 20.8 Å². The summed E-state index contributed by atoms with van der Waals surface area (Å²) in [7, 11) is 0. The minimum Gasteiger partial charge on any atom is -0.325 e. The molecule has 1 aromatic carbocycles. The van der Waals surface area contributed by atoms with Gasteiger partial charge >= 0.3 is 0 Å². The van der Waals surface area contributed by atoms with Crippen molar-refractivity contribution in [1.29, 1.82) is 0 Å². The van der Waals surface area contributed by atoms with Crippen LogP contribution in [0.25, 0.3) is 0 Å². The summed E-state index contributed by atoms with van der Waals surface area (Å²) in [6, 6.07) is 4.58. The Bertz CT molecular complexity index is 402. The van der Waals surface area contributed by atoms with Gasteiger partial charge in [-0.2, -0.15) is 0 Å². The smallest absolute Gasteiger partial charge is 0.0239 e. The number of nitrogens with two attached hydrogens (primary N) is 1. The fourth-order valence-corrected chi connectivity index (χ4v) is 2.90. The first-order valence-corrected chi connectivity index (χ1v) is 6.95. The van der Waals surface area contributed by atoms with E-state index in [0.717, 1.165) is 32.5 Å². The van der Waals surface area contributed by atoms with E-state index in [2.05, 4.69) is 44.7 Å². The summed E-state index contributed by atoms with van der Waals surface area (Å²) in [6.07, 6.45) is 2.22. The van der Waals surface area contributed by atoms with Gasteiger partial charge in [0.15, 0.2) is 0 Å². The summed E-state index contributed by atoms with van der Waals surface area (Å²) in [5.74, 6) is 0. The summed E-state index contributed by atoms with van der Waals surface area (Å²) in [5, 5.41) is 0. The summed E-state index contributed by atoms with van der Waals surface area (Å²) < 4.78 is 0. The van der Waals surface area contributed by atoms with Gasteiger partial charge < -0.3 is 5.73 Å². The number of likely N-dealkylation sites (tertiary alicyclic amines) is 1. The molecular weight excluding hydrogens is 220 g/mol. The van der Waals surface area contributed by atoms with Gasteiger partial charge in [-0.1, -0.05) is 17.7 Å². The standard InChI is InChI=1S/C16H26N2/c1-12-9-13(2)15(14(3)10-12)11-18-7-5-16(4,17)6-8-18/h9-10H,5-8,11,17H2,1-4H3. The lowest BCUT2D eigenvalue weighted by Gasteiger charge is -2.37. The van der Waals surface area contributed by atoms with E-state index in [1.807, 2.05) is 0 Å². The third-order valence-corrected chi connectivity index (χ3v) is 4.22. The van der Waals surface area contributed by atoms with Crippen LogP contribution >= 0.6 is 0 Å². The van der Waals surface area contributed by atoms with E-state index in [-0.39, 0.29) is 5.54 Å². The van der Waals surface area contributed by atoms with Crippen molar-refractivity contribution in [2.24, 2.45) is 5.73 Å². The molecule has 2 N–H and O–H groups in total. The highest BCUT2D eigenvalue weighted by Crippen LogP contribution is 2.23. The highest BCUT2D eigenvalue weighted by atomic mass is 15.1. The molecular formula is C16H26N2. The molecule has 1 aromatic rings. The summed E-state index contributed by atoms with van der Waals surface area (Å²) in [5.41, 5.74) is 11.9. The van der Waals surface area contributed by atoms with Gasteiger partial charge in [-0.15, -0.1) is 0 Å². The summed E-state index contributed by atoms with van der Waals surface area (Å²) >= 11 is 0. The van der Waals surface area contributed by atoms with Crippen molar-refractivity contribution < 1.29 is 0 Å². The second-order valence-corrected chi connectivity index (χ2v) is 6.31. The third kappa shape index (κ3) is 3.12. The van der Waals surface area contributed by atoms with Crippen molar-refractivity contribution in [3.63, 3.8) is 0 Å². The van der Waals surface area contributed by atoms with Crippen LogP contribution in [0.1, 0.15) is 42.0 Å². The molecule has 0 unspecified atom stereocenters. The van der Waals surface area contributed by atoms with Crippen LogP contribution in [-0.4, -0.2) is 23.5 Å². The monoisotopic (exact) mass is 246 g/mol. The number of rotatable bonds is 2. The lowest BCUT2D eigenvalue weighted by atomic mass is 9.90. The molecule has 2 heteroatoms. The molecule has 1 fully saturated rings. The first kappa shape index (κ1) is 13.6. The van der Waals surface area contributed by atoms with E-state index < -0.39 is 0 Å². The zero-order valence-corrected chi connectivity index (χ0v) is 12.2. The Hall–Kier alpha value is -0.860. The maximum absolute atomic E-state index is 6.19. The van der Waals surface area contributed by atoms with Gasteiger partial charge in [0.05, 0.1) is 0 Å². The number of benzene rings is 1. The third-order valence-electron chi connectivity index (χ3n) is 4.22. The maximum atomic E-state index is 6.19. The number of nitrogens with zero attached hydrogens (tertiary/aromatic N) is 1. The van der Waals surface area contributed by atoms with Crippen molar-refractivity contribution in [2.75, 3.05) is 13.1 Å². The lowest BCUT2D eigenvalue weighted by Crippen LogP contribution is -2.47. The van der Waals surface area contributed by atoms with Gasteiger partial charge in [-0.05, 0) is 57.2 Å². The molecule has 0 atom stereocenters. The molecule has 0 spiro atoms. The molecule has 18 heavy (non-hydrogen) atoms. The molecule has 0 aliphatic carbocycles. The molecule has 1 saturated heterocycles. The minimum atomic E-state index is 0.0495. The van der Waals surface area contributed by atoms with Crippen molar-refractivity contribution in [3.8, 4) is 0 Å². The summed E-state index contributed by atoms with van der Waals surface area (Å²) in [6.45, 7) is 12.1. The Kier molecular flexibility index (Phi) is 3.79. The van der Waals surface area contributed by atoms with E-state index in [0.29, 0.717) is 0 Å². The highest BCUT2D eigenvalue weighted by molar-refractivity contribution is 5.37. The Morgan fingerprint density at radius 2 is 1.61 bits per heavy atom. The van der Waals surface area contributed by atoms with Crippen LogP contribution in [0.15, 0.2) is 12.1 Å². The van der Waals surface area contributed by atoms with Gasteiger partial charge in [0.2, 0.25) is 0 Å². The molecule has 100 valence electrons. The fraction of sp³-hybridized carbons (Fsp3) is 0.625. The molecule has 0 bridgehead atoms. The second kappa shape index (κ2) is 5.02. The molecule has 2 nitrogen and oxygen atoms in total. The van der Waals surface area contributed by atoms with Gasteiger partial charge in [-0.25, -0.2) is 0 Å².